The Morgan fingerprint density at radius 3 is 2.27 bits per heavy atom. The number of hydrogen-bond donors (Lipinski definition) is 2. The van der Waals surface area contributed by atoms with E-state index in [1.165, 1.54) is 37.5 Å². The molecular weight excluding hydrogens is 328 g/mol. The standard InChI is InChI=1S/C22H22O4/c1-4-6-16-14-17(7-5-2)22(26-3)19(21(16)25)12-13-20(24)15-8-10-18(23)11-9-15/h4-5,8-14,23,25H,1-2,6-7H2,3H3. The molecule has 0 aliphatic heterocycles. The average Bonchev–Trinajstić information content (AvgIpc) is 2.63. The molecule has 0 atom stereocenters. The summed E-state index contributed by atoms with van der Waals surface area (Å²) in [6, 6.07) is 7.83. The van der Waals surface area contributed by atoms with Crippen LogP contribution in [0.15, 0.2) is 61.7 Å². The predicted octanol–water partition coefficient (Wildman–Crippen LogP) is 4.46. The third-order valence-corrected chi connectivity index (χ3v) is 3.93. The summed E-state index contributed by atoms with van der Waals surface area (Å²) >= 11 is 0. The summed E-state index contributed by atoms with van der Waals surface area (Å²) in [6.07, 6.45) is 7.44. The van der Waals surface area contributed by atoms with Gasteiger partial charge in [-0.15, -0.1) is 13.2 Å². The molecule has 4 heteroatoms. The van der Waals surface area contributed by atoms with E-state index in [0.29, 0.717) is 35.3 Å². The summed E-state index contributed by atoms with van der Waals surface area (Å²) in [5, 5.41) is 19.9. The van der Waals surface area contributed by atoms with Crippen LogP contribution >= 0.6 is 0 Å². The van der Waals surface area contributed by atoms with Gasteiger partial charge in [0.1, 0.15) is 17.2 Å². The molecule has 0 heterocycles. The van der Waals surface area contributed by atoms with Gasteiger partial charge in [0.2, 0.25) is 0 Å². The van der Waals surface area contributed by atoms with Crippen molar-refractivity contribution in [3.63, 3.8) is 0 Å². The fourth-order valence-corrected chi connectivity index (χ4v) is 2.69. The molecule has 0 unspecified atom stereocenters. The minimum atomic E-state index is -0.245. The highest BCUT2D eigenvalue weighted by Crippen LogP contribution is 2.37. The van der Waals surface area contributed by atoms with E-state index in [1.807, 2.05) is 6.07 Å². The fraction of sp³-hybridized carbons (Fsp3) is 0.136. The number of rotatable bonds is 8. The number of allylic oxidation sites excluding steroid dienone is 3. The zero-order valence-corrected chi connectivity index (χ0v) is 14.7. The molecule has 2 N–H and O–H groups in total. The molecule has 0 bridgehead atoms. The quantitative estimate of drug-likeness (QED) is 0.419. The van der Waals surface area contributed by atoms with E-state index in [0.717, 1.165) is 5.56 Å². The first-order valence-corrected chi connectivity index (χ1v) is 8.16. The van der Waals surface area contributed by atoms with Crippen LogP contribution in [0.2, 0.25) is 0 Å². The van der Waals surface area contributed by atoms with Crippen LogP contribution in [0.1, 0.15) is 27.0 Å². The van der Waals surface area contributed by atoms with E-state index >= 15 is 0 Å². The lowest BCUT2D eigenvalue weighted by Gasteiger charge is -2.15. The molecule has 2 rings (SSSR count). The van der Waals surface area contributed by atoms with Gasteiger partial charge in [0.25, 0.3) is 0 Å². The van der Waals surface area contributed by atoms with Gasteiger partial charge in [-0.3, -0.25) is 4.79 Å². The van der Waals surface area contributed by atoms with Gasteiger partial charge in [-0.2, -0.15) is 0 Å². The summed E-state index contributed by atoms with van der Waals surface area (Å²) in [6.45, 7) is 7.46. The van der Waals surface area contributed by atoms with Crippen LogP contribution in [0.25, 0.3) is 6.08 Å². The molecule has 0 saturated heterocycles. The maximum Gasteiger partial charge on any atom is 0.185 e. The highest BCUT2D eigenvalue weighted by atomic mass is 16.5. The molecule has 0 fully saturated rings. The maximum atomic E-state index is 12.3. The van der Waals surface area contributed by atoms with Gasteiger partial charge in [-0.05, 0) is 66.5 Å². The second-order valence-corrected chi connectivity index (χ2v) is 5.72. The Labute approximate surface area is 153 Å². The number of ether oxygens (including phenoxy) is 1. The Hall–Kier alpha value is -3.27. The maximum absolute atomic E-state index is 12.3. The summed E-state index contributed by atoms with van der Waals surface area (Å²) in [5.41, 5.74) is 2.45. The highest BCUT2D eigenvalue weighted by Gasteiger charge is 2.16. The van der Waals surface area contributed by atoms with Crippen LogP contribution in [-0.4, -0.2) is 23.1 Å². The van der Waals surface area contributed by atoms with Gasteiger partial charge >= 0.3 is 0 Å². The molecule has 134 valence electrons. The number of ketones is 1. The third kappa shape index (κ3) is 4.22. The molecule has 0 aliphatic carbocycles. The Morgan fingerprint density at radius 2 is 1.69 bits per heavy atom. The zero-order chi connectivity index (χ0) is 19.1. The lowest BCUT2D eigenvalue weighted by Crippen LogP contribution is -1.99. The number of benzene rings is 2. The van der Waals surface area contributed by atoms with Crippen LogP contribution in [0, 0.1) is 0 Å². The fourth-order valence-electron chi connectivity index (χ4n) is 2.69. The number of methoxy groups -OCH3 is 1. The Balaban J connectivity index is 2.48. The first kappa shape index (κ1) is 19.1. The van der Waals surface area contributed by atoms with Crippen molar-refractivity contribution in [2.24, 2.45) is 0 Å². The number of hydrogen-bond acceptors (Lipinski definition) is 4. The van der Waals surface area contributed by atoms with Gasteiger partial charge < -0.3 is 14.9 Å². The van der Waals surface area contributed by atoms with Gasteiger partial charge in [0.15, 0.2) is 5.78 Å². The van der Waals surface area contributed by atoms with Crippen molar-refractivity contribution in [1.29, 1.82) is 0 Å². The highest BCUT2D eigenvalue weighted by molar-refractivity contribution is 6.07. The molecule has 0 radical (unpaired) electrons. The van der Waals surface area contributed by atoms with Crippen molar-refractivity contribution in [2.75, 3.05) is 7.11 Å². The number of phenols is 2. The van der Waals surface area contributed by atoms with Crippen molar-refractivity contribution in [1.82, 2.24) is 0 Å². The number of carbonyl (C=O) groups excluding carboxylic acids is 1. The van der Waals surface area contributed by atoms with Gasteiger partial charge in [0, 0.05) is 5.56 Å². The van der Waals surface area contributed by atoms with E-state index in [9.17, 15) is 15.0 Å². The number of phenolic OH excluding ortho intramolecular Hbond substituents is 2. The van der Waals surface area contributed by atoms with Crippen LogP contribution in [0.3, 0.4) is 0 Å². The SMILES string of the molecule is C=CCc1cc(CC=C)c(OC)c(C=CC(=O)c2ccc(O)cc2)c1O. The molecule has 2 aromatic carbocycles. The molecule has 26 heavy (non-hydrogen) atoms. The Bertz CT molecular complexity index is 845. The predicted molar refractivity (Wildman–Crippen MR) is 104 cm³/mol. The lowest BCUT2D eigenvalue weighted by molar-refractivity contribution is 0.104. The topological polar surface area (TPSA) is 66.8 Å². The minimum Gasteiger partial charge on any atom is -0.508 e. The van der Waals surface area contributed by atoms with Crippen LogP contribution in [0.4, 0.5) is 0 Å². The van der Waals surface area contributed by atoms with Crippen LogP contribution in [0.5, 0.6) is 17.2 Å². The van der Waals surface area contributed by atoms with E-state index in [2.05, 4.69) is 13.2 Å². The third-order valence-electron chi connectivity index (χ3n) is 3.93. The largest absolute Gasteiger partial charge is 0.508 e. The van der Waals surface area contributed by atoms with E-state index in [1.54, 1.807) is 18.2 Å². The second-order valence-electron chi connectivity index (χ2n) is 5.72. The Morgan fingerprint density at radius 1 is 1.08 bits per heavy atom. The van der Waals surface area contributed by atoms with Crippen molar-refractivity contribution in [2.45, 2.75) is 12.8 Å². The normalized spacial score (nSPS) is 10.7. The number of aromatic hydroxyl groups is 2. The van der Waals surface area contributed by atoms with E-state index in [4.69, 9.17) is 4.74 Å². The summed E-state index contributed by atoms with van der Waals surface area (Å²) < 4.78 is 5.47. The minimum absolute atomic E-state index is 0.0596. The van der Waals surface area contributed by atoms with E-state index < -0.39 is 0 Å². The second kappa shape index (κ2) is 8.72. The molecular formula is C22H22O4. The monoisotopic (exact) mass is 350 g/mol. The van der Waals surface area contributed by atoms with Crippen molar-refractivity contribution in [3.8, 4) is 17.2 Å². The van der Waals surface area contributed by atoms with Crippen molar-refractivity contribution < 1.29 is 19.7 Å². The molecule has 0 amide bonds. The van der Waals surface area contributed by atoms with Crippen molar-refractivity contribution in [3.05, 3.63) is 84.0 Å². The summed E-state index contributed by atoms with van der Waals surface area (Å²) in [7, 11) is 1.52. The molecule has 0 saturated carbocycles. The lowest BCUT2D eigenvalue weighted by atomic mass is 9.97. The first-order chi connectivity index (χ1) is 12.5. The smallest absolute Gasteiger partial charge is 0.185 e. The zero-order valence-electron chi connectivity index (χ0n) is 14.7. The molecule has 4 nitrogen and oxygen atoms in total. The Kier molecular flexibility index (Phi) is 6.39. The van der Waals surface area contributed by atoms with Gasteiger partial charge in [-0.25, -0.2) is 0 Å². The van der Waals surface area contributed by atoms with Crippen LogP contribution in [-0.2, 0) is 12.8 Å². The molecule has 2 aromatic rings. The summed E-state index contributed by atoms with van der Waals surface area (Å²) in [4.78, 5) is 12.3. The van der Waals surface area contributed by atoms with E-state index in [-0.39, 0.29) is 17.3 Å². The average molecular weight is 350 g/mol. The summed E-state index contributed by atoms with van der Waals surface area (Å²) in [5.74, 6) is 0.413. The molecule has 0 aromatic heterocycles. The molecule has 0 spiro atoms. The van der Waals surface area contributed by atoms with Crippen molar-refractivity contribution >= 4 is 11.9 Å². The van der Waals surface area contributed by atoms with Gasteiger partial charge in [-0.1, -0.05) is 12.2 Å². The number of carbonyl (C=O) groups is 1. The van der Waals surface area contributed by atoms with Gasteiger partial charge in [0.05, 0.1) is 12.7 Å². The first-order valence-electron chi connectivity index (χ1n) is 8.16. The van der Waals surface area contributed by atoms with Crippen LogP contribution < -0.4 is 4.74 Å². The molecule has 0 aliphatic rings.